The summed E-state index contributed by atoms with van der Waals surface area (Å²) < 4.78 is 5.59. The van der Waals surface area contributed by atoms with Crippen molar-refractivity contribution in [3.63, 3.8) is 0 Å². The Kier molecular flexibility index (Phi) is 5.72. The van der Waals surface area contributed by atoms with Crippen LogP contribution in [0.2, 0.25) is 0 Å². The average Bonchev–Trinajstić information content (AvgIpc) is 3.06. The fourth-order valence-electron chi connectivity index (χ4n) is 6.41. The maximum Gasteiger partial charge on any atom is 0.303 e. The van der Waals surface area contributed by atoms with E-state index in [-0.39, 0.29) is 24.0 Å². The van der Waals surface area contributed by atoms with E-state index in [0.717, 1.165) is 32.7 Å². The summed E-state index contributed by atoms with van der Waals surface area (Å²) in [6.07, 6.45) is 1.73. The number of piperazine rings is 1. The van der Waals surface area contributed by atoms with E-state index < -0.39 is 29.3 Å². The van der Waals surface area contributed by atoms with E-state index in [1.165, 1.54) is 17.5 Å². The molecule has 2 aliphatic heterocycles. The summed E-state index contributed by atoms with van der Waals surface area (Å²) in [7, 11) is 0. The van der Waals surface area contributed by atoms with E-state index in [9.17, 15) is 19.2 Å². The number of rotatable bonds is 6. The molecule has 0 N–H and O–H groups in total. The summed E-state index contributed by atoms with van der Waals surface area (Å²) in [5, 5.41) is 0. The number of hydrogen-bond acceptors (Lipinski definition) is 7. The molecule has 0 radical (unpaired) electrons. The number of likely N-dealkylation sites (tertiary alicyclic amines) is 1. The molecule has 0 spiro atoms. The Bertz CT molecular complexity index is 954. The number of hydrogen-bond donors (Lipinski definition) is 0. The van der Waals surface area contributed by atoms with Crippen LogP contribution in [0.15, 0.2) is 30.3 Å². The summed E-state index contributed by atoms with van der Waals surface area (Å²) in [6.45, 7) is 6.23. The lowest BCUT2D eigenvalue weighted by molar-refractivity contribution is -0.189. The summed E-state index contributed by atoms with van der Waals surface area (Å²) in [5.74, 6) is -2.87. The Hall–Kier alpha value is -2.74. The van der Waals surface area contributed by atoms with Crippen molar-refractivity contribution < 1.29 is 23.9 Å². The van der Waals surface area contributed by atoms with E-state index >= 15 is 0 Å². The fourth-order valence-corrected chi connectivity index (χ4v) is 6.41. The first-order valence-corrected chi connectivity index (χ1v) is 12.0. The predicted octanol–water partition coefficient (Wildman–Crippen LogP) is 1.48. The van der Waals surface area contributed by atoms with Gasteiger partial charge in [0.1, 0.15) is 11.4 Å². The van der Waals surface area contributed by atoms with Crippen molar-refractivity contribution in [1.29, 1.82) is 0 Å². The standard InChI is InChI=1S/C25H31N3O5/c1-17(29)33-25-9-8-19(20(30)16-25)21-22(25)24(32)28(23(21)31)11-5-10-26-12-14-27(15-13-26)18-6-3-2-4-7-18/h2-4,6-7,19,21-22H,5,8-16H2,1H3. The number of fused-ring (bicyclic) bond motifs is 2. The quantitative estimate of drug-likeness (QED) is 0.476. The van der Waals surface area contributed by atoms with Gasteiger partial charge in [-0.3, -0.25) is 29.0 Å². The molecule has 2 heterocycles. The normalized spacial score (nSPS) is 31.8. The number of esters is 1. The average molecular weight is 454 g/mol. The van der Waals surface area contributed by atoms with Gasteiger partial charge in [0.2, 0.25) is 11.8 Å². The van der Waals surface area contributed by atoms with E-state index in [1.807, 2.05) is 6.07 Å². The van der Waals surface area contributed by atoms with Crippen LogP contribution in [0.1, 0.15) is 32.6 Å². The largest absolute Gasteiger partial charge is 0.458 e. The van der Waals surface area contributed by atoms with E-state index in [4.69, 9.17) is 4.74 Å². The Balaban J connectivity index is 1.19. The molecule has 6 rings (SSSR count). The van der Waals surface area contributed by atoms with Crippen LogP contribution < -0.4 is 4.90 Å². The fraction of sp³-hybridized carbons (Fsp3) is 0.600. The molecule has 8 heteroatoms. The van der Waals surface area contributed by atoms with E-state index in [1.54, 1.807) is 0 Å². The highest BCUT2D eigenvalue weighted by Crippen LogP contribution is 2.55. The van der Waals surface area contributed by atoms with Crippen molar-refractivity contribution in [2.24, 2.45) is 17.8 Å². The number of ether oxygens (including phenoxy) is 1. The summed E-state index contributed by atoms with van der Waals surface area (Å²) in [6, 6.07) is 10.4. The van der Waals surface area contributed by atoms with Crippen molar-refractivity contribution >= 4 is 29.3 Å². The van der Waals surface area contributed by atoms with Crippen molar-refractivity contribution in [2.75, 3.05) is 44.2 Å². The molecule has 5 fully saturated rings. The monoisotopic (exact) mass is 453 g/mol. The number of carbonyl (C=O) groups is 4. The second-order valence-corrected chi connectivity index (χ2v) is 9.80. The molecule has 33 heavy (non-hydrogen) atoms. The molecule has 1 aromatic carbocycles. The number of benzene rings is 1. The maximum atomic E-state index is 13.3. The van der Waals surface area contributed by atoms with Gasteiger partial charge in [-0.05, 0) is 37.9 Å². The van der Waals surface area contributed by atoms with Gasteiger partial charge in [-0.2, -0.15) is 0 Å². The summed E-state index contributed by atoms with van der Waals surface area (Å²) in [4.78, 5) is 56.9. The highest BCUT2D eigenvalue weighted by atomic mass is 16.6. The molecular weight excluding hydrogens is 422 g/mol. The van der Waals surface area contributed by atoms with Crippen molar-refractivity contribution in [3.8, 4) is 0 Å². The number of carbonyl (C=O) groups excluding carboxylic acids is 4. The van der Waals surface area contributed by atoms with Crippen LogP contribution in [0.5, 0.6) is 0 Å². The first-order chi connectivity index (χ1) is 15.9. The number of anilines is 1. The lowest BCUT2D eigenvalue weighted by Gasteiger charge is -2.49. The van der Waals surface area contributed by atoms with Crippen LogP contribution in [-0.2, 0) is 23.9 Å². The molecule has 4 atom stereocenters. The predicted molar refractivity (Wildman–Crippen MR) is 120 cm³/mol. The molecule has 2 bridgehead atoms. The highest BCUT2D eigenvalue weighted by molar-refractivity contribution is 6.09. The second kappa shape index (κ2) is 8.56. The van der Waals surface area contributed by atoms with Gasteiger partial charge in [0.15, 0.2) is 0 Å². The number of imide groups is 1. The minimum atomic E-state index is -1.14. The molecule has 8 nitrogen and oxygen atoms in total. The van der Waals surface area contributed by atoms with Crippen molar-refractivity contribution in [1.82, 2.24) is 9.80 Å². The first kappa shape index (κ1) is 22.1. The van der Waals surface area contributed by atoms with Gasteiger partial charge in [-0.25, -0.2) is 0 Å². The molecule has 3 saturated carbocycles. The molecule has 176 valence electrons. The molecule has 2 saturated heterocycles. The van der Waals surface area contributed by atoms with Gasteiger partial charge in [-0.15, -0.1) is 0 Å². The molecule has 3 aliphatic carbocycles. The van der Waals surface area contributed by atoms with Gasteiger partial charge in [0.05, 0.1) is 11.8 Å². The first-order valence-electron chi connectivity index (χ1n) is 12.0. The van der Waals surface area contributed by atoms with Crippen LogP contribution in [0.3, 0.4) is 0 Å². The Morgan fingerprint density at radius 1 is 1.03 bits per heavy atom. The van der Waals surface area contributed by atoms with Gasteiger partial charge in [0, 0.05) is 57.7 Å². The maximum absolute atomic E-state index is 13.3. The zero-order chi connectivity index (χ0) is 23.2. The van der Waals surface area contributed by atoms with Gasteiger partial charge in [-0.1, -0.05) is 18.2 Å². The smallest absolute Gasteiger partial charge is 0.303 e. The Morgan fingerprint density at radius 3 is 2.42 bits per heavy atom. The third-order valence-corrected chi connectivity index (χ3v) is 7.90. The van der Waals surface area contributed by atoms with Gasteiger partial charge in [0.25, 0.3) is 0 Å². The van der Waals surface area contributed by atoms with Crippen molar-refractivity contribution in [3.05, 3.63) is 30.3 Å². The second-order valence-electron chi connectivity index (χ2n) is 9.80. The Morgan fingerprint density at radius 2 is 1.76 bits per heavy atom. The van der Waals surface area contributed by atoms with Crippen LogP contribution in [0, 0.1) is 17.8 Å². The number of para-hydroxylation sites is 1. The number of ketones is 1. The van der Waals surface area contributed by atoms with Crippen LogP contribution in [0.25, 0.3) is 0 Å². The molecule has 5 aliphatic rings. The molecular formula is C25H31N3O5. The number of Topliss-reactive ketones (excluding diaryl/α,β-unsaturated/α-hetero) is 1. The van der Waals surface area contributed by atoms with E-state index in [0.29, 0.717) is 25.8 Å². The van der Waals surface area contributed by atoms with Crippen LogP contribution in [0.4, 0.5) is 5.69 Å². The Labute approximate surface area is 193 Å². The number of amides is 2. The molecule has 1 aromatic rings. The van der Waals surface area contributed by atoms with Gasteiger partial charge >= 0.3 is 5.97 Å². The SMILES string of the molecule is CC(=O)OC12CCC(C(=O)C1)C1C(=O)N(CCCN3CCN(c4ccccc4)CC3)C(=O)C12. The minimum absolute atomic E-state index is 0.0525. The highest BCUT2D eigenvalue weighted by Gasteiger charge is 2.68. The lowest BCUT2D eigenvalue weighted by atomic mass is 9.56. The summed E-state index contributed by atoms with van der Waals surface area (Å²) >= 11 is 0. The van der Waals surface area contributed by atoms with Gasteiger partial charge < -0.3 is 9.64 Å². The molecule has 2 amide bonds. The third-order valence-electron chi connectivity index (χ3n) is 7.90. The third kappa shape index (κ3) is 3.84. The van der Waals surface area contributed by atoms with E-state index in [2.05, 4.69) is 34.1 Å². The topological polar surface area (TPSA) is 87.2 Å². The minimum Gasteiger partial charge on any atom is -0.458 e. The van der Waals surface area contributed by atoms with Crippen LogP contribution >= 0.6 is 0 Å². The van der Waals surface area contributed by atoms with Crippen molar-refractivity contribution in [2.45, 2.75) is 38.2 Å². The molecule has 0 aromatic heterocycles. The molecule has 4 unspecified atom stereocenters. The summed E-state index contributed by atoms with van der Waals surface area (Å²) in [5.41, 5.74) is 0.0938. The zero-order valence-electron chi connectivity index (χ0n) is 19.1. The lowest BCUT2D eigenvalue weighted by Crippen LogP contribution is -2.60. The van der Waals surface area contributed by atoms with Crippen LogP contribution in [-0.4, -0.2) is 78.2 Å². The zero-order valence-corrected chi connectivity index (χ0v) is 19.1. The number of nitrogens with zero attached hydrogens (tertiary/aromatic N) is 3.